The Morgan fingerprint density at radius 2 is 2.12 bits per heavy atom. The molecule has 0 aromatic carbocycles. The van der Waals surface area contributed by atoms with Crippen LogP contribution in [-0.4, -0.2) is 37.2 Å². The third kappa shape index (κ3) is 3.48. The molecular formula is C16H13N5O5. The Balaban J connectivity index is 2.04. The van der Waals surface area contributed by atoms with Crippen molar-refractivity contribution in [1.29, 1.82) is 0 Å². The number of ether oxygens (including phenoxy) is 2. The Morgan fingerprint density at radius 1 is 1.31 bits per heavy atom. The van der Waals surface area contributed by atoms with Crippen molar-refractivity contribution in [2.75, 3.05) is 6.61 Å². The van der Waals surface area contributed by atoms with Crippen LogP contribution < -0.4 is 4.74 Å². The molecule has 0 amide bonds. The van der Waals surface area contributed by atoms with Crippen LogP contribution in [0.4, 0.5) is 5.69 Å². The molecule has 0 radical (unpaired) electrons. The van der Waals surface area contributed by atoms with Crippen LogP contribution in [0.15, 0.2) is 49.1 Å². The van der Waals surface area contributed by atoms with Crippen molar-refractivity contribution in [3.8, 4) is 17.3 Å². The van der Waals surface area contributed by atoms with Crippen LogP contribution in [0, 0.1) is 10.1 Å². The van der Waals surface area contributed by atoms with Gasteiger partial charge in [-0.3, -0.25) is 15.1 Å². The smallest absolute Gasteiger partial charge is 0.362 e. The molecule has 0 aliphatic carbocycles. The van der Waals surface area contributed by atoms with E-state index in [2.05, 4.69) is 15.1 Å². The van der Waals surface area contributed by atoms with E-state index in [-0.39, 0.29) is 29.6 Å². The summed E-state index contributed by atoms with van der Waals surface area (Å²) in [5.74, 6) is -0.994. The van der Waals surface area contributed by atoms with E-state index in [1.807, 2.05) is 0 Å². The lowest BCUT2D eigenvalue weighted by Crippen LogP contribution is -2.08. The normalized spacial score (nSPS) is 10.3. The van der Waals surface area contributed by atoms with Crippen LogP contribution in [0.25, 0.3) is 5.69 Å². The van der Waals surface area contributed by atoms with Crippen LogP contribution in [0.5, 0.6) is 11.6 Å². The van der Waals surface area contributed by atoms with Crippen molar-refractivity contribution in [2.24, 2.45) is 0 Å². The molecule has 10 heteroatoms. The molecule has 0 aliphatic rings. The molecule has 0 saturated carbocycles. The number of nitrogens with zero attached hydrogens (tertiary/aromatic N) is 5. The van der Waals surface area contributed by atoms with Crippen molar-refractivity contribution in [3.63, 3.8) is 0 Å². The molecule has 0 N–H and O–H groups in total. The third-order valence-electron chi connectivity index (χ3n) is 3.21. The lowest BCUT2D eigenvalue weighted by Gasteiger charge is -2.04. The number of hydrogen-bond donors (Lipinski definition) is 0. The Bertz CT molecular complexity index is 941. The first-order chi connectivity index (χ1) is 12.6. The highest BCUT2D eigenvalue weighted by Gasteiger charge is 2.24. The van der Waals surface area contributed by atoms with Gasteiger partial charge in [-0.05, 0) is 25.1 Å². The molecule has 0 unspecified atom stereocenters. The minimum Gasteiger partial charge on any atom is -0.461 e. The highest BCUT2D eigenvalue weighted by Crippen LogP contribution is 2.31. The Morgan fingerprint density at radius 3 is 2.81 bits per heavy atom. The summed E-state index contributed by atoms with van der Waals surface area (Å²) >= 11 is 0. The number of hydrogen-bond acceptors (Lipinski definition) is 8. The van der Waals surface area contributed by atoms with E-state index in [9.17, 15) is 14.9 Å². The number of aromatic nitrogens is 4. The molecule has 3 aromatic rings. The molecule has 3 rings (SSSR count). The van der Waals surface area contributed by atoms with E-state index < -0.39 is 10.9 Å². The monoisotopic (exact) mass is 355 g/mol. The van der Waals surface area contributed by atoms with Gasteiger partial charge in [-0.2, -0.15) is 5.10 Å². The summed E-state index contributed by atoms with van der Waals surface area (Å²) in [7, 11) is 0. The van der Waals surface area contributed by atoms with E-state index in [1.165, 1.54) is 35.4 Å². The lowest BCUT2D eigenvalue weighted by molar-refractivity contribution is -0.386. The van der Waals surface area contributed by atoms with Gasteiger partial charge < -0.3 is 9.47 Å². The van der Waals surface area contributed by atoms with Gasteiger partial charge in [-0.1, -0.05) is 0 Å². The van der Waals surface area contributed by atoms with Gasteiger partial charge in [0.2, 0.25) is 5.69 Å². The fourth-order valence-electron chi connectivity index (χ4n) is 2.10. The molecule has 0 saturated heterocycles. The summed E-state index contributed by atoms with van der Waals surface area (Å²) in [6.07, 6.45) is 5.88. The first-order valence-electron chi connectivity index (χ1n) is 7.54. The van der Waals surface area contributed by atoms with Gasteiger partial charge in [0.1, 0.15) is 0 Å². The van der Waals surface area contributed by atoms with Crippen LogP contribution in [0.3, 0.4) is 0 Å². The molecule has 3 heterocycles. The summed E-state index contributed by atoms with van der Waals surface area (Å²) in [5.41, 5.74) is 0.107. The molecule has 10 nitrogen and oxygen atoms in total. The second-order valence-electron chi connectivity index (χ2n) is 4.91. The minimum absolute atomic E-state index is 0.0193. The molecule has 26 heavy (non-hydrogen) atoms. The van der Waals surface area contributed by atoms with Crippen molar-refractivity contribution in [1.82, 2.24) is 19.7 Å². The maximum Gasteiger partial charge on any atom is 0.362 e. The molecular weight excluding hydrogens is 342 g/mol. The van der Waals surface area contributed by atoms with Crippen molar-refractivity contribution in [2.45, 2.75) is 6.92 Å². The predicted octanol–water partition coefficient (Wildman–Crippen LogP) is 2.54. The van der Waals surface area contributed by atoms with E-state index in [4.69, 9.17) is 9.47 Å². The zero-order valence-corrected chi connectivity index (χ0v) is 13.6. The van der Waals surface area contributed by atoms with Crippen molar-refractivity contribution >= 4 is 11.7 Å². The molecule has 0 atom stereocenters. The Kier molecular flexibility index (Phi) is 4.83. The van der Waals surface area contributed by atoms with Gasteiger partial charge in [-0.15, -0.1) is 0 Å². The number of nitro groups is 1. The maximum absolute atomic E-state index is 12.2. The van der Waals surface area contributed by atoms with Crippen LogP contribution in [-0.2, 0) is 4.74 Å². The largest absolute Gasteiger partial charge is 0.461 e. The quantitative estimate of drug-likeness (QED) is 0.375. The summed E-state index contributed by atoms with van der Waals surface area (Å²) < 4.78 is 11.8. The Labute approximate surface area is 147 Å². The zero-order chi connectivity index (χ0) is 18.5. The van der Waals surface area contributed by atoms with Gasteiger partial charge in [-0.25, -0.2) is 14.5 Å². The van der Waals surface area contributed by atoms with E-state index in [1.54, 1.807) is 25.3 Å². The van der Waals surface area contributed by atoms with Crippen molar-refractivity contribution < 1.29 is 19.2 Å². The number of esters is 1. The van der Waals surface area contributed by atoms with Crippen LogP contribution in [0.1, 0.15) is 17.4 Å². The van der Waals surface area contributed by atoms with Crippen molar-refractivity contribution in [3.05, 3.63) is 64.9 Å². The zero-order valence-electron chi connectivity index (χ0n) is 13.6. The summed E-state index contributed by atoms with van der Waals surface area (Å²) in [6.45, 7) is 1.79. The average molecular weight is 355 g/mol. The van der Waals surface area contributed by atoms with Crippen LogP contribution in [0.2, 0.25) is 0 Å². The Hall–Kier alpha value is -3.82. The molecule has 3 aromatic heterocycles. The minimum atomic E-state index is -0.719. The lowest BCUT2D eigenvalue weighted by atomic mass is 10.4. The van der Waals surface area contributed by atoms with Gasteiger partial charge in [0.25, 0.3) is 5.88 Å². The molecule has 0 spiro atoms. The molecule has 0 bridgehead atoms. The summed E-state index contributed by atoms with van der Waals surface area (Å²) in [6, 6.07) is 6.08. The van der Waals surface area contributed by atoms with Gasteiger partial charge in [0, 0.05) is 18.5 Å². The molecule has 0 aliphatic heterocycles. The fraction of sp³-hybridized carbons (Fsp3) is 0.125. The fourth-order valence-corrected chi connectivity index (χ4v) is 2.10. The van der Waals surface area contributed by atoms with Gasteiger partial charge >= 0.3 is 11.7 Å². The third-order valence-corrected chi connectivity index (χ3v) is 3.21. The van der Waals surface area contributed by atoms with Gasteiger partial charge in [0.05, 0.1) is 29.6 Å². The summed E-state index contributed by atoms with van der Waals surface area (Å²) in [4.78, 5) is 30.5. The highest BCUT2D eigenvalue weighted by molar-refractivity contribution is 5.90. The average Bonchev–Trinajstić information content (AvgIpc) is 3.07. The first kappa shape index (κ1) is 17.0. The highest BCUT2D eigenvalue weighted by atomic mass is 16.6. The molecule has 132 valence electrons. The molecule has 0 fully saturated rings. The first-order valence-corrected chi connectivity index (χ1v) is 7.54. The van der Waals surface area contributed by atoms with Gasteiger partial charge in [0.15, 0.2) is 5.75 Å². The van der Waals surface area contributed by atoms with E-state index in [0.29, 0.717) is 5.69 Å². The number of pyridine rings is 2. The summed E-state index contributed by atoms with van der Waals surface area (Å²) in [5, 5.41) is 15.3. The van der Waals surface area contributed by atoms with Crippen LogP contribution >= 0.6 is 0 Å². The standard InChI is InChI=1S/C16H13N5O5/c1-2-25-16(22)14-13(10-20(19-14)11-5-3-7-17-9-11)26-15-12(21(23)24)6-4-8-18-15/h3-10H,2H2,1H3. The predicted molar refractivity (Wildman–Crippen MR) is 88.3 cm³/mol. The van der Waals surface area contributed by atoms with E-state index >= 15 is 0 Å². The number of carbonyl (C=O) groups excluding carboxylic acids is 1. The second-order valence-corrected chi connectivity index (χ2v) is 4.91. The van der Waals surface area contributed by atoms with E-state index in [0.717, 1.165) is 0 Å². The maximum atomic E-state index is 12.2. The topological polar surface area (TPSA) is 122 Å². The number of carbonyl (C=O) groups is 1. The number of rotatable bonds is 6. The SMILES string of the molecule is CCOC(=O)c1nn(-c2cccnc2)cc1Oc1ncccc1[N+](=O)[O-]. The second kappa shape index (κ2) is 7.38.